The second kappa shape index (κ2) is 7.74. The van der Waals surface area contributed by atoms with Crippen molar-refractivity contribution in [3.8, 4) is 0 Å². The van der Waals surface area contributed by atoms with E-state index in [1.54, 1.807) is 12.1 Å². The number of halogens is 1. The van der Waals surface area contributed by atoms with E-state index < -0.39 is 0 Å². The Balaban J connectivity index is 1.46. The van der Waals surface area contributed by atoms with Gasteiger partial charge in [0.2, 0.25) is 5.13 Å². The Kier molecular flexibility index (Phi) is 5.70. The number of aromatic nitrogens is 2. The first-order valence-electron chi connectivity index (χ1n) is 6.81. The molecule has 0 saturated carbocycles. The average Bonchev–Trinajstić information content (AvgIpc) is 3.24. The van der Waals surface area contributed by atoms with Crippen LogP contribution in [0.1, 0.15) is 22.5 Å². The summed E-state index contributed by atoms with van der Waals surface area (Å²) in [6.45, 7) is 1.60. The van der Waals surface area contributed by atoms with Gasteiger partial charge in [-0.2, -0.15) is 0 Å². The summed E-state index contributed by atoms with van der Waals surface area (Å²) in [6, 6.07) is 3.49. The highest BCUT2D eigenvalue weighted by molar-refractivity contribution is 8.01. The molecule has 0 aromatic carbocycles. The molecule has 1 saturated heterocycles. The average molecular weight is 376 g/mol. The third-order valence-corrected chi connectivity index (χ3v) is 6.37. The summed E-state index contributed by atoms with van der Waals surface area (Å²) < 4.78 is 6.96. The van der Waals surface area contributed by atoms with E-state index in [0.717, 1.165) is 35.5 Å². The highest BCUT2D eigenvalue weighted by Crippen LogP contribution is 2.28. The topological polar surface area (TPSA) is 64.1 Å². The maximum atomic E-state index is 12.0. The van der Waals surface area contributed by atoms with E-state index in [-0.39, 0.29) is 11.9 Å². The molecule has 0 amide bonds. The van der Waals surface area contributed by atoms with Crippen LogP contribution in [0, 0.1) is 0 Å². The number of carbonyl (C=O) groups excluding carboxylic acids is 1. The van der Waals surface area contributed by atoms with Crippen LogP contribution in [0.2, 0.25) is 4.34 Å². The fourth-order valence-electron chi connectivity index (χ4n) is 2.01. The first-order valence-corrected chi connectivity index (χ1v) is 9.80. The zero-order chi connectivity index (χ0) is 15.4. The van der Waals surface area contributed by atoms with Crippen LogP contribution in [0.15, 0.2) is 16.5 Å². The number of anilines is 1. The van der Waals surface area contributed by atoms with Gasteiger partial charge in [0.25, 0.3) is 0 Å². The van der Waals surface area contributed by atoms with Crippen LogP contribution >= 0.6 is 46.0 Å². The number of carbonyl (C=O) groups is 1. The number of thiophene rings is 1. The second-order valence-corrected chi connectivity index (χ2v) is 8.62. The molecular weight excluding hydrogens is 362 g/mol. The molecular formula is C13H14ClN3O2S3. The summed E-state index contributed by atoms with van der Waals surface area (Å²) in [7, 11) is 0. The molecule has 1 unspecified atom stereocenters. The van der Waals surface area contributed by atoms with Gasteiger partial charge in [0, 0.05) is 13.2 Å². The van der Waals surface area contributed by atoms with Crippen molar-refractivity contribution in [3.63, 3.8) is 0 Å². The molecule has 0 radical (unpaired) electrons. The van der Waals surface area contributed by atoms with Crippen molar-refractivity contribution in [2.45, 2.75) is 23.3 Å². The fraction of sp³-hybridized carbons (Fsp3) is 0.462. The van der Waals surface area contributed by atoms with E-state index in [0.29, 0.717) is 15.0 Å². The van der Waals surface area contributed by atoms with Crippen molar-refractivity contribution in [1.82, 2.24) is 10.2 Å². The fourth-order valence-corrected chi connectivity index (χ4v) is 4.72. The number of ketones is 1. The van der Waals surface area contributed by atoms with Gasteiger partial charge in [0.15, 0.2) is 10.1 Å². The largest absolute Gasteiger partial charge is 0.376 e. The molecule has 2 aromatic heterocycles. The van der Waals surface area contributed by atoms with Crippen LogP contribution in [0.25, 0.3) is 0 Å². The Hall–Kier alpha value is -0.670. The Morgan fingerprint density at radius 1 is 1.45 bits per heavy atom. The maximum Gasteiger partial charge on any atom is 0.206 e. The zero-order valence-corrected chi connectivity index (χ0v) is 14.8. The van der Waals surface area contributed by atoms with Crippen LogP contribution in [0.3, 0.4) is 0 Å². The Morgan fingerprint density at radius 2 is 2.36 bits per heavy atom. The highest BCUT2D eigenvalue weighted by Gasteiger charge is 2.16. The molecule has 0 aliphatic carbocycles. The predicted octanol–water partition coefficient (Wildman–Crippen LogP) is 3.82. The zero-order valence-electron chi connectivity index (χ0n) is 11.6. The summed E-state index contributed by atoms with van der Waals surface area (Å²) >= 11 is 9.99. The number of hydrogen-bond donors (Lipinski definition) is 1. The Bertz CT molecular complexity index is 640. The standard InChI is InChI=1S/C13H14ClN3O2S3/c14-11-4-3-10(21-11)9(18)7-20-13-17-16-12(22-13)15-6-8-2-1-5-19-8/h3-4,8H,1-2,5-7H2,(H,15,16). The van der Waals surface area contributed by atoms with Crippen LogP contribution in [-0.2, 0) is 4.74 Å². The lowest BCUT2D eigenvalue weighted by Crippen LogP contribution is -2.18. The van der Waals surface area contributed by atoms with Gasteiger partial charge in [0.05, 0.1) is 21.1 Å². The highest BCUT2D eigenvalue weighted by atomic mass is 35.5. The van der Waals surface area contributed by atoms with Crippen molar-refractivity contribution in [3.05, 3.63) is 21.3 Å². The molecule has 3 rings (SSSR count). The lowest BCUT2D eigenvalue weighted by Gasteiger charge is -2.08. The van der Waals surface area contributed by atoms with E-state index in [1.807, 2.05) is 0 Å². The van der Waals surface area contributed by atoms with Gasteiger partial charge in [-0.3, -0.25) is 4.79 Å². The van der Waals surface area contributed by atoms with Gasteiger partial charge in [-0.1, -0.05) is 34.7 Å². The molecule has 2 aromatic rings. The van der Waals surface area contributed by atoms with Gasteiger partial charge in [-0.25, -0.2) is 0 Å². The molecule has 1 aliphatic heterocycles. The van der Waals surface area contributed by atoms with Crippen LogP contribution in [0.5, 0.6) is 0 Å². The van der Waals surface area contributed by atoms with Gasteiger partial charge >= 0.3 is 0 Å². The number of hydrogen-bond acceptors (Lipinski definition) is 8. The van der Waals surface area contributed by atoms with Crippen LogP contribution in [0.4, 0.5) is 5.13 Å². The molecule has 118 valence electrons. The van der Waals surface area contributed by atoms with E-state index in [1.165, 1.54) is 34.4 Å². The van der Waals surface area contributed by atoms with Gasteiger partial charge in [0.1, 0.15) is 0 Å². The molecule has 1 fully saturated rings. The van der Waals surface area contributed by atoms with Crippen molar-refractivity contribution in [2.75, 3.05) is 24.2 Å². The molecule has 0 spiro atoms. The van der Waals surface area contributed by atoms with Gasteiger partial charge in [-0.15, -0.1) is 21.5 Å². The van der Waals surface area contributed by atoms with E-state index in [2.05, 4.69) is 15.5 Å². The van der Waals surface area contributed by atoms with E-state index in [4.69, 9.17) is 16.3 Å². The minimum atomic E-state index is 0.0611. The number of nitrogens with zero attached hydrogens (tertiary/aromatic N) is 2. The SMILES string of the molecule is O=C(CSc1nnc(NCC2CCCO2)s1)c1ccc(Cl)s1. The van der Waals surface area contributed by atoms with Crippen LogP contribution in [-0.4, -0.2) is 41.0 Å². The normalized spacial score (nSPS) is 17.8. The molecule has 5 nitrogen and oxygen atoms in total. The first kappa shape index (κ1) is 16.2. The molecule has 22 heavy (non-hydrogen) atoms. The quantitative estimate of drug-likeness (QED) is 0.586. The summed E-state index contributed by atoms with van der Waals surface area (Å²) in [5.41, 5.74) is 0. The number of thioether (sulfide) groups is 1. The van der Waals surface area contributed by atoms with Crippen molar-refractivity contribution >= 4 is 57.0 Å². The minimum absolute atomic E-state index is 0.0611. The van der Waals surface area contributed by atoms with Gasteiger partial charge < -0.3 is 10.1 Å². The second-order valence-electron chi connectivity index (χ2n) is 4.70. The summed E-state index contributed by atoms with van der Waals surface area (Å²) in [5.74, 6) is 0.406. The lowest BCUT2D eigenvalue weighted by atomic mass is 10.2. The predicted molar refractivity (Wildman–Crippen MR) is 91.8 cm³/mol. The summed E-state index contributed by atoms with van der Waals surface area (Å²) in [6.07, 6.45) is 2.48. The van der Waals surface area contributed by atoms with Crippen molar-refractivity contribution in [1.29, 1.82) is 0 Å². The van der Waals surface area contributed by atoms with Crippen molar-refractivity contribution in [2.24, 2.45) is 0 Å². The number of rotatable bonds is 7. The number of nitrogens with one attached hydrogen (secondary N) is 1. The van der Waals surface area contributed by atoms with Crippen molar-refractivity contribution < 1.29 is 9.53 Å². The molecule has 1 aliphatic rings. The molecule has 1 atom stereocenters. The molecule has 9 heteroatoms. The third-order valence-electron chi connectivity index (χ3n) is 3.09. The minimum Gasteiger partial charge on any atom is -0.376 e. The molecule has 0 bridgehead atoms. The Labute approximate surface area is 145 Å². The lowest BCUT2D eigenvalue weighted by molar-refractivity contribution is 0.102. The Morgan fingerprint density at radius 3 is 3.09 bits per heavy atom. The molecule has 3 heterocycles. The smallest absolute Gasteiger partial charge is 0.206 e. The molecule has 1 N–H and O–H groups in total. The van der Waals surface area contributed by atoms with E-state index >= 15 is 0 Å². The van der Waals surface area contributed by atoms with E-state index in [9.17, 15) is 4.79 Å². The maximum absolute atomic E-state index is 12.0. The number of Topliss-reactive ketones (excluding diaryl/α,β-unsaturated/α-hetero) is 1. The van der Waals surface area contributed by atoms with Crippen LogP contribution < -0.4 is 5.32 Å². The first-order chi connectivity index (χ1) is 10.7. The number of ether oxygens (including phenoxy) is 1. The monoisotopic (exact) mass is 375 g/mol. The summed E-state index contributed by atoms with van der Waals surface area (Å²) in [4.78, 5) is 12.7. The van der Waals surface area contributed by atoms with Gasteiger partial charge in [-0.05, 0) is 25.0 Å². The third kappa shape index (κ3) is 4.42. The summed E-state index contributed by atoms with van der Waals surface area (Å²) in [5, 5.41) is 12.2.